The molecule has 1 N–H and O–H groups in total. The second kappa shape index (κ2) is 5.69. The number of nitrogens with zero attached hydrogens (tertiary/aromatic N) is 1. The SMILES string of the molecule is CCc1noc(C)c1C(=O)NC(C)c1ccccc1. The normalized spacial score (nSPS) is 12.2. The third-order valence-corrected chi connectivity index (χ3v) is 3.14. The summed E-state index contributed by atoms with van der Waals surface area (Å²) < 4.78 is 5.08. The Labute approximate surface area is 112 Å². The lowest BCUT2D eigenvalue weighted by Gasteiger charge is -2.14. The van der Waals surface area contributed by atoms with Crippen LogP contribution < -0.4 is 5.32 Å². The van der Waals surface area contributed by atoms with Crippen molar-refractivity contribution in [1.82, 2.24) is 10.5 Å². The number of aryl methyl sites for hydroxylation is 2. The zero-order chi connectivity index (χ0) is 13.8. The van der Waals surface area contributed by atoms with Gasteiger partial charge in [-0.1, -0.05) is 42.4 Å². The first-order valence-electron chi connectivity index (χ1n) is 6.44. The molecule has 2 aromatic rings. The molecule has 0 saturated carbocycles. The molecule has 0 aliphatic carbocycles. The Morgan fingerprint density at radius 2 is 2.05 bits per heavy atom. The van der Waals surface area contributed by atoms with Crippen molar-refractivity contribution in [3.05, 3.63) is 52.9 Å². The van der Waals surface area contributed by atoms with Crippen molar-refractivity contribution in [2.45, 2.75) is 33.2 Å². The van der Waals surface area contributed by atoms with Crippen LogP contribution in [0.4, 0.5) is 0 Å². The number of benzene rings is 1. The summed E-state index contributed by atoms with van der Waals surface area (Å²) in [7, 11) is 0. The fraction of sp³-hybridized carbons (Fsp3) is 0.333. The van der Waals surface area contributed by atoms with Crippen molar-refractivity contribution >= 4 is 5.91 Å². The Bertz CT molecular complexity index is 561. The van der Waals surface area contributed by atoms with Gasteiger partial charge in [-0.3, -0.25) is 4.79 Å². The monoisotopic (exact) mass is 258 g/mol. The van der Waals surface area contributed by atoms with Crippen LogP contribution in [0.5, 0.6) is 0 Å². The van der Waals surface area contributed by atoms with Gasteiger partial charge in [0.15, 0.2) is 0 Å². The molecule has 4 nitrogen and oxygen atoms in total. The lowest BCUT2D eigenvalue weighted by molar-refractivity contribution is 0.0937. The quantitative estimate of drug-likeness (QED) is 0.917. The van der Waals surface area contributed by atoms with Crippen LogP contribution in [0.1, 0.15) is 47.3 Å². The molecular weight excluding hydrogens is 240 g/mol. The van der Waals surface area contributed by atoms with Crippen molar-refractivity contribution in [2.24, 2.45) is 0 Å². The number of hydrogen-bond acceptors (Lipinski definition) is 3. The first-order chi connectivity index (χ1) is 9.13. The van der Waals surface area contributed by atoms with Crippen LogP contribution in [-0.2, 0) is 6.42 Å². The highest BCUT2D eigenvalue weighted by atomic mass is 16.5. The van der Waals surface area contributed by atoms with Gasteiger partial charge in [-0.2, -0.15) is 0 Å². The minimum Gasteiger partial charge on any atom is -0.361 e. The lowest BCUT2D eigenvalue weighted by Crippen LogP contribution is -2.27. The summed E-state index contributed by atoms with van der Waals surface area (Å²) in [6, 6.07) is 9.81. The summed E-state index contributed by atoms with van der Waals surface area (Å²) in [6.45, 7) is 5.67. The Morgan fingerprint density at radius 1 is 1.37 bits per heavy atom. The van der Waals surface area contributed by atoms with Crippen molar-refractivity contribution in [2.75, 3.05) is 0 Å². The Kier molecular flexibility index (Phi) is 4.00. The lowest BCUT2D eigenvalue weighted by atomic mass is 10.1. The number of hydrogen-bond donors (Lipinski definition) is 1. The molecule has 0 bridgehead atoms. The molecule has 0 fully saturated rings. The van der Waals surface area contributed by atoms with Gasteiger partial charge >= 0.3 is 0 Å². The second-order valence-electron chi connectivity index (χ2n) is 4.52. The van der Waals surface area contributed by atoms with Crippen molar-refractivity contribution in [3.8, 4) is 0 Å². The molecule has 19 heavy (non-hydrogen) atoms. The van der Waals surface area contributed by atoms with E-state index in [1.807, 2.05) is 44.2 Å². The van der Waals surface area contributed by atoms with E-state index >= 15 is 0 Å². The molecule has 0 radical (unpaired) electrons. The third kappa shape index (κ3) is 2.84. The zero-order valence-electron chi connectivity index (χ0n) is 11.4. The van der Waals surface area contributed by atoms with E-state index in [0.717, 1.165) is 5.56 Å². The van der Waals surface area contributed by atoms with Gasteiger partial charge in [-0.25, -0.2) is 0 Å². The van der Waals surface area contributed by atoms with E-state index in [-0.39, 0.29) is 11.9 Å². The van der Waals surface area contributed by atoms with Crippen LogP contribution in [0, 0.1) is 6.92 Å². The van der Waals surface area contributed by atoms with Crippen molar-refractivity contribution in [3.63, 3.8) is 0 Å². The smallest absolute Gasteiger partial charge is 0.257 e. The van der Waals surface area contributed by atoms with E-state index in [2.05, 4.69) is 10.5 Å². The highest BCUT2D eigenvalue weighted by Gasteiger charge is 2.20. The molecule has 1 aromatic heterocycles. The second-order valence-corrected chi connectivity index (χ2v) is 4.52. The summed E-state index contributed by atoms with van der Waals surface area (Å²) in [5.74, 6) is 0.432. The standard InChI is InChI=1S/C15H18N2O2/c1-4-13-14(11(3)19-17-13)15(18)16-10(2)12-8-6-5-7-9-12/h5-10H,4H2,1-3H3,(H,16,18). The average Bonchev–Trinajstić information content (AvgIpc) is 2.80. The van der Waals surface area contributed by atoms with Crippen LogP contribution in [0.2, 0.25) is 0 Å². The van der Waals surface area contributed by atoms with Gasteiger partial charge in [0, 0.05) is 0 Å². The molecule has 0 spiro atoms. The number of nitrogens with one attached hydrogen (secondary N) is 1. The minimum atomic E-state index is -0.132. The molecule has 4 heteroatoms. The molecule has 1 aromatic carbocycles. The average molecular weight is 258 g/mol. The minimum absolute atomic E-state index is 0.0484. The van der Waals surface area contributed by atoms with Gasteiger partial charge < -0.3 is 9.84 Å². The van der Waals surface area contributed by atoms with E-state index in [0.29, 0.717) is 23.4 Å². The van der Waals surface area contributed by atoms with Crippen LogP contribution in [0.25, 0.3) is 0 Å². The summed E-state index contributed by atoms with van der Waals surface area (Å²) in [5, 5.41) is 6.87. The molecule has 1 heterocycles. The largest absolute Gasteiger partial charge is 0.361 e. The Balaban J connectivity index is 2.15. The topological polar surface area (TPSA) is 55.1 Å². The van der Waals surface area contributed by atoms with Crippen LogP contribution in [0.15, 0.2) is 34.9 Å². The zero-order valence-corrected chi connectivity index (χ0v) is 11.4. The summed E-state index contributed by atoms with van der Waals surface area (Å²) in [5.41, 5.74) is 2.34. The molecule has 100 valence electrons. The molecular formula is C15H18N2O2. The van der Waals surface area contributed by atoms with Gasteiger partial charge in [0.05, 0.1) is 11.7 Å². The maximum atomic E-state index is 12.3. The van der Waals surface area contributed by atoms with Gasteiger partial charge in [-0.05, 0) is 25.8 Å². The van der Waals surface area contributed by atoms with Crippen LogP contribution in [-0.4, -0.2) is 11.1 Å². The number of carbonyl (C=O) groups excluding carboxylic acids is 1. The molecule has 2 rings (SSSR count). The van der Waals surface area contributed by atoms with Gasteiger partial charge in [-0.15, -0.1) is 0 Å². The van der Waals surface area contributed by atoms with E-state index in [4.69, 9.17) is 4.52 Å². The van der Waals surface area contributed by atoms with Crippen LogP contribution >= 0.6 is 0 Å². The maximum Gasteiger partial charge on any atom is 0.257 e. The molecule has 0 aliphatic rings. The van der Waals surface area contributed by atoms with Crippen molar-refractivity contribution < 1.29 is 9.32 Å². The molecule has 0 aliphatic heterocycles. The predicted octanol–water partition coefficient (Wildman–Crippen LogP) is 3.04. The summed E-state index contributed by atoms with van der Waals surface area (Å²) in [4.78, 5) is 12.3. The van der Waals surface area contributed by atoms with E-state index in [1.54, 1.807) is 6.92 Å². The van der Waals surface area contributed by atoms with E-state index in [1.165, 1.54) is 0 Å². The fourth-order valence-electron chi connectivity index (χ4n) is 2.04. The molecule has 0 saturated heterocycles. The molecule has 1 amide bonds. The van der Waals surface area contributed by atoms with Crippen molar-refractivity contribution in [1.29, 1.82) is 0 Å². The van der Waals surface area contributed by atoms with E-state index < -0.39 is 0 Å². The predicted molar refractivity (Wildman–Crippen MR) is 72.9 cm³/mol. The van der Waals surface area contributed by atoms with Crippen LogP contribution in [0.3, 0.4) is 0 Å². The summed E-state index contributed by atoms with van der Waals surface area (Å²) >= 11 is 0. The number of aromatic nitrogens is 1. The number of carbonyl (C=O) groups is 1. The third-order valence-electron chi connectivity index (χ3n) is 3.14. The first kappa shape index (κ1) is 13.3. The molecule has 1 atom stereocenters. The Hall–Kier alpha value is -2.10. The van der Waals surface area contributed by atoms with Gasteiger partial charge in [0.25, 0.3) is 5.91 Å². The number of amides is 1. The van der Waals surface area contributed by atoms with Gasteiger partial charge in [0.2, 0.25) is 0 Å². The molecule has 1 unspecified atom stereocenters. The van der Waals surface area contributed by atoms with E-state index in [9.17, 15) is 4.79 Å². The summed E-state index contributed by atoms with van der Waals surface area (Å²) in [6.07, 6.45) is 0.680. The number of rotatable bonds is 4. The highest BCUT2D eigenvalue weighted by molar-refractivity contribution is 5.96. The fourth-order valence-corrected chi connectivity index (χ4v) is 2.04. The first-order valence-corrected chi connectivity index (χ1v) is 6.44. The maximum absolute atomic E-state index is 12.3. The Morgan fingerprint density at radius 3 is 2.68 bits per heavy atom. The highest BCUT2D eigenvalue weighted by Crippen LogP contribution is 2.17. The van der Waals surface area contributed by atoms with Gasteiger partial charge in [0.1, 0.15) is 11.3 Å².